The number of hydrogen-bond donors (Lipinski definition) is 1. The lowest BCUT2D eigenvalue weighted by molar-refractivity contribution is -0.202. The zero-order chi connectivity index (χ0) is 24.2. The van der Waals surface area contributed by atoms with Gasteiger partial charge in [0.1, 0.15) is 17.5 Å². The van der Waals surface area contributed by atoms with Gasteiger partial charge in [-0.05, 0) is 37.5 Å². The Morgan fingerprint density at radius 2 is 1.94 bits per heavy atom. The van der Waals surface area contributed by atoms with E-state index in [0.717, 1.165) is 26.2 Å². The minimum absolute atomic E-state index is 0.00872. The first-order valence-electron chi connectivity index (χ1n) is 11.3. The normalized spacial score (nSPS) is 21.6. The quantitative estimate of drug-likeness (QED) is 0.691. The molecule has 4 rings (SSSR count). The number of carbonyl (C=O) groups excluding carboxylic acids is 2. The van der Waals surface area contributed by atoms with Crippen molar-refractivity contribution in [1.29, 1.82) is 0 Å². The van der Waals surface area contributed by atoms with Crippen molar-refractivity contribution in [2.75, 3.05) is 19.8 Å². The van der Waals surface area contributed by atoms with Crippen LogP contribution in [0.1, 0.15) is 68.9 Å². The van der Waals surface area contributed by atoms with Gasteiger partial charge in [-0.3, -0.25) is 14.6 Å². The number of nitrogens with one attached hydrogen (secondary N) is 1. The summed E-state index contributed by atoms with van der Waals surface area (Å²) in [5.74, 6) is -0.729. The maximum absolute atomic E-state index is 13.3. The first kappa shape index (κ1) is 23.8. The smallest absolute Gasteiger partial charge is 0.425 e. The zero-order valence-electron chi connectivity index (χ0n) is 19.3. The van der Waals surface area contributed by atoms with Crippen LogP contribution in [0.25, 0.3) is 0 Å². The van der Waals surface area contributed by atoms with Gasteiger partial charge in [-0.1, -0.05) is 20.8 Å². The fraction of sp³-hybridized carbons (Fsp3) is 0.696. The average Bonchev–Trinajstić information content (AvgIpc) is 3.47. The van der Waals surface area contributed by atoms with Crippen molar-refractivity contribution in [3.05, 3.63) is 23.5 Å². The Balaban J connectivity index is 1.54. The molecule has 3 heterocycles. The summed E-state index contributed by atoms with van der Waals surface area (Å²) in [7, 11) is 0. The number of pyridine rings is 1. The van der Waals surface area contributed by atoms with Crippen LogP contribution in [-0.4, -0.2) is 65.3 Å². The molecule has 33 heavy (non-hydrogen) atoms. The molecule has 2 atom stereocenters. The van der Waals surface area contributed by atoms with E-state index in [2.05, 4.69) is 10.3 Å². The van der Waals surface area contributed by atoms with Crippen LogP contribution in [-0.2, 0) is 9.53 Å². The predicted molar refractivity (Wildman–Crippen MR) is 113 cm³/mol. The lowest BCUT2D eigenvalue weighted by atomic mass is 9.79. The Kier molecular flexibility index (Phi) is 5.87. The molecule has 182 valence electrons. The van der Waals surface area contributed by atoms with Crippen molar-refractivity contribution >= 4 is 11.8 Å². The molecule has 7 nitrogen and oxygen atoms in total. The van der Waals surface area contributed by atoms with Crippen molar-refractivity contribution in [1.82, 2.24) is 15.2 Å². The number of rotatable bonds is 6. The number of amides is 2. The molecule has 0 bridgehead atoms. The van der Waals surface area contributed by atoms with Crippen molar-refractivity contribution in [2.24, 2.45) is 5.41 Å². The van der Waals surface area contributed by atoms with Crippen LogP contribution in [0, 0.1) is 5.41 Å². The van der Waals surface area contributed by atoms with E-state index in [0.29, 0.717) is 25.3 Å². The van der Waals surface area contributed by atoms with Crippen LogP contribution in [0.2, 0.25) is 0 Å². The lowest BCUT2D eigenvalue weighted by Gasteiger charge is -2.58. The first-order chi connectivity index (χ1) is 15.3. The Labute approximate surface area is 191 Å². The Morgan fingerprint density at radius 1 is 1.27 bits per heavy atom. The van der Waals surface area contributed by atoms with Gasteiger partial charge in [-0.2, -0.15) is 13.2 Å². The van der Waals surface area contributed by atoms with Crippen molar-refractivity contribution in [3.63, 3.8) is 0 Å². The first-order valence-corrected chi connectivity index (χ1v) is 11.3. The monoisotopic (exact) mass is 469 g/mol. The van der Waals surface area contributed by atoms with E-state index >= 15 is 0 Å². The number of carbonyl (C=O) groups is 2. The second kappa shape index (κ2) is 8.14. The second-order valence-electron chi connectivity index (χ2n) is 10.4. The molecule has 1 aromatic rings. The van der Waals surface area contributed by atoms with E-state index in [9.17, 15) is 22.8 Å². The number of ether oxygens (including phenoxy) is 2. The van der Waals surface area contributed by atoms with Crippen LogP contribution in [0.3, 0.4) is 0 Å². The van der Waals surface area contributed by atoms with Crippen LogP contribution in [0.4, 0.5) is 13.2 Å². The number of aromatic nitrogens is 1. The highest BCUT2D eigenvalue weighted by Gasteiger charge is 2.55. The highest BCUT2D eigenvalue weighted by Crippen LogP contribution is 2.45. The highest BCUT2D eigenvalue weighted by molar-refractivity contribution is 5.97. The minimum Gasteiger partial charge on any atom is -0.481 e. The molecule has 2 saturated heterocycles. The maximum atomic E-state index is 13.3. The summed E-state index contributed by atoms with van der Waals surface area (Å²) in [5, 5.41) is 2.77. The molecule has 0 radical (unpaired) electrons. The van der Waals surface area contributed by atoms with Gasteiger partial charge in [0.2, 0.25) is 5.91 Å². The molecule has 10 heteroatoms. The standard InChI is InChI=1S/C23H30F3N3O4/c1-13(23(24,25)26)33-17-9-16(27-10-15(17)14-5-6-14)19(30)28-18(21(2,3)4)20(31)29-8-7-22(29)11-32-12-22/h9-10,13-14,18H,5-8,11-12H2,1-4H3,(H,28,30)/t13-,18?/m0/s1. The Morgan fingerprint density at radius 3 is 2.39 bits per heavy atom. The summed E-state index contributed by atoms with van der Waals surface area (Å²) in [4.78, 5) is 32.3. The van der Waals surface area contributed by atoms with Crippen LogP contribution >= 0.6 is 0 Å². The van der Waals surface area contributed by atoms with E-state index < -0.39 is 29.6 Å². The average molecular weight is 470 g/mol. The molecule has 1 saturated carbocycles. The van der Waals surface area contributed by atoms with Crippen LogP contribution in [0.15, 0.2) is 12.3 Å². The molecule has 1 N–H and O–H groups in total. The molecule has 1 aromatic heterocycles. The fourth-order valence-electron chi connectivity index (χ4n) is 4.16. The molecule has 2 amide bonds. The summed E-state index contributed by atoms with van der Waals surface area (Å²) in [5.41, 5.74) is -0.383. The second-order valence-corrected chi connectivity index (χ2v) is 10.4. The molecule has 1 unspecified atom stereocenters. The number of likely N-dealkylation sites (tertiary alicyclic amines) is 1. The molecule has 2 aliphatic heterocycles. The van der Waals surface area contributed by atoms with Crippen LogP contribution in [0.5, 0.6) is 5.75 Å². The maximum Gasteiger partial charge on any atom is 0.425 e. The third-order valence-corrected chi connectivity index (χ3v) is 6.68. The lowest BCUT2D eigenvalue weighted by Crippen LogP contribution is -2.74. The number of alkyl halides is 3. The molecular weight excluding hydrogens is 439 g/mol. The van der Waals surface area contributed by atoms with E-state index in [1.165, 1.54) is 12.3 Å². The van der Waals surface area contributed by atoms with E-state index in [1.54, 1.807) is 4.90 Å². The Bertz CT molecular complexity index is 930. The van der Waals surface area contributed by atoms with Gasteiger partial charge in [0, 0.05) is 24.4 Å². The van der Waals surface area contributed by atoms with E-state index in [1.807, 2.05) is 20.8 Å². The molecule has 1 aliphatic carbocycles. The molecule has 3 aliphatic rings. The molecule has 1 spiro atoms. The van der Waals surface area contributed by atoms with Crippen molar-refractivity contribution in [2.45, 2.75) is 76.7 Å². The number of halogens is 3. The summed E-state index contributed by atoms with van der Waals surface area (Å²) in [6.45, 7) is 8.07. The van der Waals surface area contributed by atoms with Crippen molar-refractivity contribution in [3.8, 4) is 5.75 Å². The summed E-state index contributed by atoms with van der Waals surface area (Å²) in [6, 6.07) is 0.423. The third-order valence-electron chi connectivity index (χ3n) is 6.68. The summed E-state index contributed by atoms with van der Waals surface area (Å²) >= 11 is 0. The van der Waals surface area contributed by atoms with Gasteiger partial charge in [0.05, 0.1) is 18.8 Å². The predicted octanol–water partition coefficient (Wildman–Crippen LogP) is 3.43. The molecule has 3 fully saturated rings. The van der Waals surface area contributed by atoms with Gasteiger partial charge in [0.15, 0.2) is 6.10 Å². The topological polar surface area (TPSA) is 80.8 Å². The Hall–Kier alpha value is -2.36. The van der Waals surface area contributed by atoms with Crippen LogP contribution < -0.4 is 10.1 Å². The number of hydrogen-bond acceptors (Lipinski definition) is 5. The molecule has 0 aromatic carbocycles. The summed E-state index contributed by atoms with van der Waals surface area (Å²) in [6.07, 6.45) is -2.60. The minimum atomic E-state index is -4.53. The SMILES string of the molecule is C[C@H](Oc1cc(C(=O)NC(C(=O)N2CCC23COC3)C(C)(C)C)ncc1C1CC1)C(F)(F)F. The van der Waals surface area contributed by atoms with Gasteiger partial charge < -0.3 is 19.7 Å². The van der Waals surface area contributed by atoms with E-state index in [4.69, 9.17) is 9.47 Å². The van der Waals surface area contributed by atoms with Gasteiger partial charge in [-0.25, -0.2) is 0 Å². The van der Waals surface area contributed by atoms with E-state index in [-0.39, 0.29) is 28.8 Å². The summed E-state index contributed by atoms with van der Waals surface area (Å²) < 4.78 is 49.7. The highest BCUT2D eigenvalue weighted by atomic mass is 19.4. The van der Waals surface area contributed by atoms with Gasteiger partial charge in [-0.15, -0.1) is 0 Å². The zero-order valence-corrected chi connectivity index (χ0v) is 19.3. The largest absolute Gasteiger partial charge is 0.481 e. The number of nitrogens with zero attached hydrogens (tertiary/aromatic N) is 2. The van der Waals surface area contributed by atoms with Gasteiger partial charge >= 0.3 is 6.18 Å². The van der Waals surface area contributed by atoms with Crippen molar-refractivity contribution < 1.29 is 32.2 Å². The van der Waals surface area contributed by atoms with Gasteiger partial charge in [0.25, 0.3) is 5.91 Å². The molecular formula is C23H30F3N3O4. The third kappa shape index (κ3) is 4.67. The fourth-order valence-corrected chi connectivity index (χ4v) is 4.16.